The van der Waals surface area contributed by atoms with Crippen LogP contribution >= 0.6 is 22.9 Å². The first-order chi connectivity index (χ1) is 9.97. The van der Waals surface area contributed by atoms with Gasteiger partial charge in [-0.1, -0.05) is 11.6 Å². The standard InChI is InChI=1S/C13H15ClN2O3S2/c1-15-8-12-13(5-6-20-12)21(17,18)16-9-3-4-10(14)11(7-9)19-2/h3-7,15-16H,8H2,1-2H3. The third-order valence-corrected chi connectivity index (χ3v) is 5.56. The summed E-state index contributed by atoms with van der Waals surface area (Å²) in [6, 6.07) is 6.31. The maximum atomic E-state index is 12.4. The normalized spacial score (nSPS) is 11.4. The van der Waals surface area contributed by atoms with Crippen molar-refractivity contribution >= 4 is 38.6 Å². The number of nitrogens with one attached hydrogen (secondary N) is 2. The Morgan fingerprint density at radius 1 is 1.33 bits per heavy atom. The van der Waals surface area contributed by atoms with Gasteiger partial charge in [0.05, 0.1) is 17.8 Å². The van der Waals surface area contributed by atoms with Gasteiger partial charge < -0.3 is 10.1 Å². The topological polar surface area (TPSA) is 67.4 Å². The molecule has 21 heavy (non-hydrogen) atoms. The van der Waals surface area contributed by atoms with Crippen LogP contribution in [0.25, 0.3) is 0 Å². The van der Waals surface area contributed by atoms with Gasteiger partial charge in [-0.3, -0.25) is 4.72 Å². The van der Waals surface area contributed by atoms with E-state index >= 15 is 0 Å². The van der Waals surface area contributed by atoms with Gasteiger partial charge in [0.15, 0.2) is 0 Å². The van der Waals surface area contributed by atoms with E-state index in [2.05, 4.69) is 10.0 Å². The van der Waals surface area contributed by atoms with Crippen LogP contribution in [-0.2, 0) is 16.6 Å². The molecule has 0 aliphatic heterocycles. The van der Waals surface area contributed by atoms with Crippen molar-refractivity contribution in [1.82, 2.24) is 5.32 Å². The highest BCUT2D eigenvalue weighted by atomic mass is 35.5. The first-order valence-electron chi connectivity index (χ1n) is 6.05. The van der Waals surface area contributed by atoms with E-state index in [0.29, 0.717) is 23.0 Å². The maximum absolute atomic E-state index is 12.4. The Kier molecular flexibility index (Phi) is 5.10. The molecule has 0 unspecified atom stereocenters. The average molecular weight is 347 g/mol. The molecule has 1 aromatic carbocycles. The minimum absolute atomic E-state index is 0.274. The largest absolute Gasteiger partial charge is 0.495 e. The summed E-state index contributed by atoms with van der Waals surface area (Å²) in [5.74, 6) is 0.414. The highest BCUT2D eigenvalue weighted by Crippen LogP contribution is 2.29. The molecule has 0 bridgehead atoms. The Morgan fingerprint density at radius 3 is 2.76 bits per heavy atom. The van der Waals surface area contributed by atoms with Crippen molar-refractivity contribution in [2.24, 2.45) is 0 Å². The van der Waals surface area contributed by atoms with Crippen molar-refractivity contribution < 1.29 is 13.2 Å². The van der Waals surface area contributed by atoms with Gasteiger partial charge in [-0.15, -0.1) is 11.3 Å². The third-order valence-electron chi connectivity index (χ3n) is 2.73. The Hall–Kier alpha value is -1.28. The lowest BCUT2D eigenvalue weighted by Crippen LogP contribution is -2.15. The molecule has 2 rings (SSSR count). The fourth-order valence-electron chi connectivity index (χ4n) is 1.79. The van der Waals surface area contributed by atoms with Gasteiger partial charge in [0.1, 0.15) is 10.6 Å². The summed E-state index contributed by atoms with van der Waals surface area (Å²) in [5.41, 5.74) is 0.401. The first kappa shape index (κ1) is 16.1. The van der Waals surface area contributed by atoms with Gasteiger partial charge in [0.25, 0.3) is 10.0 Å². The van der Waals surface area contributed by atoms with Crippen LogP contribution in [0, 0.1) is 0 Å². The molecule has 0 aliphatic carbocycles. The summed E-state index contributed by atoms with van der Waals surface area (Å²) >= 11 is 7.32. The number of hydrogen-bond donors (Lipinski definition) is 2. The van der Waals surface area contributed by atoms with Crippen molar-refractivity contribution in [2.45, 2.75) is 11.4 Å². The fourth-order valence-corrected chi connectivity index (χ4v) is 4.49. The third kappa shape index (κ3) is 3.68. The van der Waals surface area contributed by atoms with Crippen molar-refractivity contribution in [3.8, 4) is 5.75 Å². The molecule has 0 saturated heterocycles. The smallest absolute Gasteiger partial charge is 0.263 e. The predicted octanol–water partition coefficient (Wildman–Crippen LogP) is 2.93. The molecule has 0 atom stereocenters. The number of anilines is 1. The second kappa shape index (κ2) is 6.65. The van der Waals surface area contributed by atoms with Gasteiger partial charge in [-0.2, -0.15) is 0 Å². The summed E-state index contributed by atoms with van der Waals surface area (Å²) in [4.78, 5) is 1.03. The Balaban J connectivity index is 2.31. The summed E-state index contributed by atoms with van der Waals surface area (Å²) < 4.78 is 32.5. The first-order valence-corrected chi connectivity index (χ1v) is 8.79. The minimum atomic E-state index is -3.64. The molecule has 8 heteroatoms. The van der Waals surface area contributed by atoms with Crippen LogP contribution in [0.15, 0.2) is 34.5 Å². The number of ether oxygens (including phenoxy) is 1. The molecular formula is C13H15ClN2O3S2. The van der Waals surface area contributed by atoms with Crippen LogP contribution in [-0.4, -0.2) is 22.6 Å². The predicted molar refractivity (Wildman–Crippen MR) is 85.9 cm³/mol. The van der Waals surface area contributed by atoms with Crippen LogP contribution in [0.4, 0.5) is 5.69 Å². The van der Waals surface area contributed by atoms with E-state index in [9.17, 15) is 8.42 Å². The zero-order valence-corrected chi connectivity index (χ0v) is 13.9. The molecule has 0 aliphatic rings. The molecule has 2 aromatic rings. The van der Waals surface area contributed by atoms with Crippen molar-refractivity contribution in [3.63, 3.8) is 0 Å². The molecule has 1 aromatic heterocycles. The van der Waals surface area contributed by atoms with Gasteiger partial charge in [-0.05, 0) is 30.6 Å². The molecule has 5 nitrogen and oxygen atoms in total. The van der Waals surface area contributed by atoms with Gasteiger partial charge in [-0.25, -0.2) is 8.42 Å². The molecule has 0 saturated carbocycles. The Labute approximate surface area is 133 Å². The lowest BCUT2D eigenvalue weighted by molar-refractivity contribution is 0.415. The SMILES string of the molecule is CNCc1sccc1S(=O)(=O)Nc1ccc(Cl)c(OC)c1. The number of rotatable bonds is 6. The van der Waals surface area contributed by atoms with Crippen LogP contribution < -0.4 is 14.8 Å². The van der Waals surface area contributed by atoms with E-state index < -0.39 is 10.0 Å². The van der Waals surface area contributed by atoms with Crippen molar-refractivity contribution in [1.29, 1.82) is 0 Å². The number of sulfonamides is 1. The second-order valence-corrected chi connectivity index (χ2v) is 7.25. The van der Waals surface area contributed by atoms with E-state index in [1.807, 2.05) is 0 Å². The van der Waals surface area contributed by atoms with E-state index in [1.165, 1.54) is 18.4 Å². The molecule has 0 fully saturated rings. The number of methoxy groups -OCH3 is 1. The van der Waals surface area contributed by atoms with E-state index in [1.54, 1.807) is 36.7 Å². The Morgan fingerprint density at radius 2 is 2.10 bits per heavy atom. The van der Waals surface area contributed by atoms with Crippen LogP contribution in [0.1, 0.15) is 4.88 Å². The van der Waals surface area contributed by atoms with Crippen LogP contribution in [0.3, 0.4) is 0 Å². The highest BCUT2D eigenvalue weighted by Gasteiger charge is 2.20. The number of thiophene rings is 1. The lowest BCUT2D eigenvalue weighted by Gasteiger charge is -2.10. The second-order valence-electron chi connectivity index (χ2n) is 4.19. The van der Waals surface area contributed by atoms with Crippen LogP contribution in [0.2, 0.25) is 5.02 Å². The summed E-state index contributed by atoms with van der Waals surface area (Å²) in [7, 11) is -0.392. The fraction of sp³-hybridized carbons (Fsp3) is 0.231. The molecule has 0 spiro atoms. The van der Waals surface area contributed by atoms with Gasteiger partial charge >= 0.3 is 0 Å². The molecule has 2 N–H and O–H groups in total. The monoisotopic (exact) mass is 346 g/mol. The van der Waals surface area contributed by atoms with E-state index in [0.717, 1.165) is 4.88 Å². The van der Waals surface area contributed by atoms with Crippen LogP contribution in [0.5, 0.6) is 5.75 Å². The number of halogens is 1. The highest BCUT2D eigenvalue weighted by molar-refractivity contribution is 7.93. The van der Waals surface area contributed by atoms with Crippen molar-refractivity contribution in [3.05, 3.63) is 39.5 Å². The lowest BCUT2D eigenvalue weighted by atomic mass is 10.3. The maximum Gasteiger partial charge on any atom is 0.263 e. The molecule has 0 radical (unpaired) electrons. The summed E-state index contributed by atoms with van der Waals surface area (Å²) in [5, 5.41) is 5.13. The average Bonchev–Trinajstić information content (AvgIpc) is 2.90. The summed E-state index contributed by atoms with van der Waals surface area (Å²) in [6.07, 6.45) is 0. The quantitative estimate of drug-likeness (QED) is 0.844. The molecule has 114 valence electrons. The number of hydrogen-bond acceptors (Lipinski definition) is 5. The van der Waals surface area contributed by atoms with Gasteiger partial charge in [0, 0.05) is 17.5 Å². The molecule has 0 amide bonds. The van der Waals surface area contributed by atoms with Crippen molar-refractivity contribution in [2.75, 3.05) is 18.9 Å². The zero-order chi connectivity index (χ0) is 15.5. The molecule has 1 heterocycles. The Bertz CT molecular complexity index is 729. The minimum Gasteiger partial charge on any atom is -0.495 e. The summed E-state index contributed by atoms with van der Waals surface area (Å²) in [6.45, 7) is 0.498. The van der Waals surface area contributed by atoms with E-state index in [-0.39, 0.29) is 4.90 Å². The molecular weight excluding hydrogens is 332 g/mol. The van der Waals surface area contributed by atoms with E-state index in [4.69, 9.17) is 16.3 Å². The number of benzene rings is 1. The van der Waals surface area contributed by atoms with Gasteiger partial charge in [0.2, 0.25) is 0 Å². The zero-order valence-electron chi connectivity index (χ0n) is 11.5.